The van der Waals surface area contributed by atoms with Crippen molar-refractivity contribution in [3.05, 3.63) is 29.3 Å². The summed E-state index contributed by atoms with van der Waals surface area (Å²) >= 11 is 1.65. The van der Waals surface area contributed by atoms with Gasteiger partial charge < -0.3 is 5.73 Å². The lowest BCUT2D eigenvalue weighted by atomic mass is 10.0. The van der Waals surface area contributed by atoms with Gasteiger partial charge in [0.25, 0.3) is 0 Å². The summed E-state index contributed by atoms with van der Waals surface area (Å²) in [7, 11) is 0. The Morgan fingerprint density at radius 3 is 2.95 bits per heavy atom. The molecule has 2 aromatic rings. The average molecular weight is 303 g/mol. The zero-order valence-corrected chi connectivity index (χ0v) is 13.3. The van der Waals surface area contributed by atoms with Crippen molar-refractivity contribution >= 4 is 11.8 Å². The molecule has 1 fully saturated rings. The molecule has 3 rings (SSSR count). The molecule has 0 saturated heterocycles. The molecule has 2 N–H and O–H groups in total. The highest BCUT2D eigenvalue weighted by Crippen LogP contribution is 2.38. The predicted molar refractivity (Wildman–Crippen MR) is 83.4 cm³/mol. The molecule has 1 aliphatic carbocycles. The molecule has 0 amide bonds. The molecule has 0 spiro atoms. The lowest BCUT2D eigenvalue weighted by Gasteiger charge is -2.13. The van der Waals surface area contributed by atoms with Crippen LogP contribution in [0.25, 0.3) is 0 Å². The highest BCUT2D eigenvalue weighted by molar-refractivity contribution is 7.99. The Balaban J connectivity index is 1.85. The first-order valence-electron chi connectivity index (χ1n) is 7.48. The second-order valence-electron chi connectivity index (χ2n) is 5.72. The van der Waals surface area contributed by atoms with Gasteiger partial charge in [0.05, 0.1) is 6.04 Å². The van der Waals surface area contributed by atoms with Crippen LogP contribution in [0.3, 0.4) is 0 Å². The van der Waals surface area contributed by atoms with E-state index in [1.807, 2.05) is 4.68 Å². The lowest BCUT2D eigenvalue weighted by Crippen LogP contribution is -2.21. The number of tetrazole rings is 1. The first-order chi connectivity index (χ1) is 10.2. The molecule has 0 aliphatic heterocycles. The van der Waals surface area contributed by atoms with Crippen molar-refractivity contribution in [2.24, 2.45) is 5.73 Å². The minimum atomic E-state index is 0.200. The van der Waals surface area contributed by atoms with E-state index in [9.17, 15) is 0 Å². The fourth-order valence-corrected chi connectivity index (χ4v) is 3.26. The van der Waals surface area contributed by atoms with Crippen LogP contribution < -0.4 is 5.73 Å². The number of hydrogen-bond donors (Lipinski definition) is 1. The molecule has 1 unspecified atom stereocenters. The molecule has 1 heterocycles. The van der Waals surface area contributed by atoms with Crippen LogP contribution in [0.15, 0.2) is 28.3 Å². The van der Waals surface area contributed by atoms with Crippen LogP contribution in [-0.4, -0.2) is 26.2 Å². The normalized spacial score (nSPS) is 16.1. The highest BCUT2D eigenvalue weighted by atomic mass is 32.2. The van der Waals surface area contributed by atoms with Gasteiger partial charge in [0, 0.05) is 10.9 Å². The SMILES string of the molecule is CCC(N)Cc1cc(C)ccc1Sc1nnnn1C1CC1. The quantitative estimate of drug-likeness (QED) is 0.888. The third-order valence-corrected chi connectivity index (χ3v) is 4.85. The molecule has 0 bridgehead atoms. The van der Waals surface area contributed by atoms with Gasteiger partial charge >= 0.3 is 0 Å². The van der Waals surface area contributed by atoms with Crippen LogP contribution in [0.4, 0.5) is 0 Å². The predicted octanol–water partition coefficient (Wildman–Crippen LogP) is 2.75. The molecule has 21 heavy (non-hydrogen) atoms. The number of benzene rings is 1. The summed E-state index contributed by atoms with van der Waals surface area (Å²) < 4.78 is 1.95. The highest BCUT2D eigenvalue weighted by Gasteiger charge is 2.28. The topological polar surface area (TPSA) is 69.6 Å². The van der Waals surface area contributed by atoms with Gasteiger partial charge in [-0.1, -0.05) is 24.6 Å². The van der Waals surface area contributed by atoms with Gasteiger partial charge in [-0.25, -0.2) is 4.68 Å². The van der Waals surface area contributed by atoms with Crippen molar-refractivity contribution in [3.8, 4) is 0 Å². The Bertz CT molecular complexity index is 620. The maximum Gasteiger partial charge on any atom is 0.214 e. The van der Waals surface area contributed by atoms with E-state index in [-0.39, 0.29) is 6.04 Å². The zero-order valence-electron chi connectivity index (χ0n) is 12.5. The number of nitrogens with two attached hydrogens (primary N) is 1. The van der Waals surface area contributed by atoms with Gasteiger partial charge in [-0.05, 0) is 66.4 Å². The molecule has 1 aromatic heterocycles. The van der Waals surface area contributed by atoms with Crippen molar-refractivity contribution < 1.29 is 0 Å². The standard InChI is InChI=1S/C15H21N5S/c1-3-12(16)9-11-8-10(2)4-7-14(11)21-15-17-18-19-20(15)13-5-6-13/h4,7-8,12-13H,3,5-6,9,16H2,1-2H3. The Labute approximate surface area is 129 Å². The summed E-state index contributed by atoms with van der Waals surface area (Å²) in [5, 5.41) is 13.0. The maximum atomic E-state index is 6.13. The van der Waals surface area contributed by atoms with Crippen LogP contribution >= 0.6 is 11.8 Å². The molecule has 1 atom stereocenters. The van der Waals surface area contributed by atoms with Crippen LogP contribution in [0.5, 0.6) is 0 Å². The van der Waals surface area contributed by atoms with E-state index >= 15 is 0 Å². The molecule has 6 heteroatoms. The number of aryl methyl sites for hydroxylation is 1. The van der Waals surface area contributed by atoms with E-state index in [0.29, 0.717) is 6.04 Å². The average Bonchev–Trinajstić information content (AvgIpc) is 3.21. The van der Waals surface area contributed by atoms with Gasteiger partial charge in [0.15, 0.2) is 0 Å². The first kappa shape index (κ1) is 14.5. The van der Waals surface area contributed by atoms with E-state index in [2.05, 4.69) is 47.6 Å². The van der Waals surface area contributed by atoms with Crippen LogP contribution in [0, 0.1) is 6.92 Å². The van der Waals surface area contributed by atoms with Gasteiger partial charge in [-0.2, -0.15) is 0 Å². The summed E-state index contributed by atoms with van der Waals surface area (Å²) in [6.45, 7) is 4.24. The van der Waals surface area contributed by atoms with Crippen LogP contribution in [0.1, 0.15) is 43.4 Å². The Hall–Kier alpha value is -1.40. The lowest BCUT2D eigenvalue weighted by molar-refractivity contribution is 0.565. The van der Waals surface area contributed by atoms with Crippen molar-refractivity contribution in [3.63, 3.8) is 0 Å². The third kappa shape index (κ3) is 3.44. The molecule has 112 valence electrons. The number of rotatable bonds is 6. The summed E-state index contributed by atoms with van der Waals surface area (Å²) in [5.41, 5.74) is 8.69. The smallest absolute Gasteiger partial charge is 0.214 e. The fourth-order valence-electron chi connectivity index (χ4n) is 2.29. The Morgan fingerprint density at radius 2 is 2.24 bits per heavy atom. The van der Waals surface area contributed by atoms with Crippen molar-refractivity contribution in [2.45, 2.75) is 61.7 Å². The molecule has 1 saturated carbocycles. The third-order valence-electron chi connectivity index (χ3n) is 3.78. The van der Waals surface area contributed by atoms with E-state index in [0.717, 1.165) is 18.0 Å². The maximum absolute atomic E-state index is 6.13. The summed E-state index contributed by atoms with van der Waals surface area (Å²) in [6, 6.07) is 7.21. The summed E-state index contributed by atoms with van der Waals surface area (Å²) in [6.07, 6.45) is 4.24. The molecule has 0 radical (unpaired) electrons. The Morgan fingerprint density at radius 1 is 1.43 bits per heavy atom. The zero-order chi connectivity index (χ0) is 14.8. The second kappa shape index (κ2) is 6.15. The van der Waals surface area contributed by atoms with Gasteiger partial charge in [-0.3, -0.25) is 0 Å². The molecular formula is C15H21N5S. The summed E-state index contributed by atoms with van der Waals surface area (Å²) in [5.74, 6) is 0. The number of aromatic nitrogens is 4. The molecule has 1 aromatic carbocycles. The van der Waals surface area contributed by atoms with Crippen molar-refractivity contribution in [1.29, 1.82) is 0 Å². The Kier molecular flexibility index (Phi) is 4.26. The summed E-state index contributed by atoms with van der Waals surface area (Å²) in [4.78, 5) is 1.21. The van der Waals surface area contributed by atoms with E-state index in [1.54, 1.807) is 11.8 Å². The first-order valence-corrected chi connectivity index (χ1v) is 8.30. The molecule has 1 aliphatic rings. The van der Waals surface area contributed by atoms with Gasteiger partial charge in [-0.15, -0.1) is 5.10 Å². The van der Waals surface area contributed by atoms with Crippen LogP contribution in [-0.2, 0) is 6.42 Å². The van der Waals surface area contributed by atoms with Crippen LogP contribution in [0.2, 0.25) is 0 Å². The minimum Gasteiger partial charge on any atom is -0.327 e. The van der Waals surface area contributed by atoms with E-state index in [4.69, 9.17) is 5.73 Å². The molecule has 5 nitrogen and oxygen atoms in total. The van der Waals surface area contributed by atoms with E-state index in [1.165, 1.54) is 28.9 Å². The second-order valence-corrected chi connectivity index (χ2v) is 6.73. The number of nitrogens with zero attached hydrogens (tertiary/aromatic N) is 4. The van der Waals surface area contributed by atoms with E-state index < -0.39 is 0 Å². The largest absolute Gasteiger partial charge is 0.327 e. The molecular weight excluding hydrogens is 282 g/mol. The fraction of sp³-hybridized carbons (Fsp3) is 0.533. The van der Waals surface area contributed by atoms with Crippen molar-refractivity contribution in [2.75, 3.05) is 0 Å². The van der Waals surface area contributed by atoms with Gasteiger partial charge in [0.1, 0.15) is 0 Å². The monoisotopic (exact) mass is 303 g/mol. The van der Waals surface area contributed by atoms with Crippen molar-refractivity contribution in [1.82, 2.24) is 20.2 Å². The number of hydrogen-bond acceptors (Lipinski definition) is 5. The minimum absolute atomic E-state index is 0.200. The van der Waals surface area contributed by atoms with Gasteiger partial charge in [0.2, 0.25) is 5.16 Å².